The third kappa shape index (κ3) is 5.48. The molecule has 2 fully saturated rings. The highest BCUT2D eigenvalue weighted by molar-refractivity contribution is 6.31. The predicted molar refractivity (Wildman–Crippen MR) is 127 cm³/mol. The molecule has 0 unspecified atom stereocenters. The number of piperazine rings is 1. The van der Waals surface area contributed by atoms with Crippen molar-refractivity contribution in [3.05, 3.63) is 52.1 Å². The molecule has 4 rings (SSSR count). The van der Waals surface area contributed by atoms with Crippen LogP contribution in [0.25, 0.3) is 0 Å². The van der Waals surface area contributed by atoms with Crippen molar-refractivity contribution in [1.29, 1.82) is 0 Å². The van der Waals surface area contributed by atoms with Crippen LogP contribution in [0.4, 0.5) is 10.2 Å². The first-order valence-electron chi connectivity index (χ1n) is 10.8. The van der Waals surface area contributed by atoms with Crippen LogP contribution in [0.3, 0.4) is 0 Å². The van der Waals surface area contributed by atoms with E-state index in [0.29, 0.717) is 17.7 Å². The van der Waals surface area contributed by atoms with Crippen molar-refractivity contribution in [2.45, 2.75) is 26.3 Å². The second-order valence-electron chi connectivity index (χ2n) is 7.86. The van der Waals surface area contributed by atoms with Gasteiger partial charge in [-0.3, -0.25) is 0 Å². The van der Waals surface area contributed by atoms with E-state index in [1.807, 2.05) is 6.92 Å². The maximum atomic E-state index is 13.8. The largest absolute Gasteiger partial charge is 0.357 e. The number of rotatable bonds is 3. The molecule has 0 amide bonds. The number of hydrogen-bond acceptors (Lipinski definition) is 4. The Balaban J connectivity index is 1.45. The molecule has 1 aromatic carbocycles. The molecule has 0 N–H and O–H groups in total. The molecule has 10 heteroatoms. The Morgan fingerprint density at radius 3 is 2.41 bits per heavy atom. The minimum atomic E-state index is -0.428. The van der Waals surface area contributed by atoms with Gasteiger partial charge in [-0.1, -0.05) is 29.3 Å². The number of likely N-dealkylation sites (tertiary alicyclic amines) is 1. The van der Waals surface area contributed by atoms with Gasteiger partial charge in [0.15, 0.2) is 11.0 Å². The van der Waals surface area contributed by atoms with Crippen LogP contribution in [0.5, 0.6) is 0 Å². The van der Waals surface area contributed by atoms with Gasteiger partial charge in [0.05, 0.1) is 11.6 Å². The molecule has 2 aromatic rings. The first-order valence-corrected chi connectivity index (χ1v) is 11.5. The summed E-state index contributed by atoms with van der Waals surface area (Å²) >= 11 is 12.0. The van der Waals surface area contributed by atoms with Crippen molar-refractivity contribution in [3.8, 4) is 0 Å². The van der Waals surface area contributed by atoms with E-state index in [-0.39, 0.29) is 5.02 Å². The Bertz CT molecular complexity index is 1000. The molecule has 2 aliphatic rings. The summed E-state index contributed by atoms with van der Waals surface area (Å²) in [7, 11) is 0. The zero-order valence-electron chi connectivity index (χ0n) is 18.0. The van der Waals surface area contributed by atoms with Crippen molar-refractivity contribution in [2.75, 3.05) is 44.2 Å². The minimum absolute atomic E-state index is 0.119. The van der Waals surface area contributed by atoms with Gasteiger partial charge in [0.2, 0.25) is 5.96 Å². The van der Waals surface area contributed by atoms with E-state index >= 15 is 0 Å². The van der Waals surface area contributed by atoms with Crippen LogP contribution in [0.1, 0.15) is 25.3 Å². The van der Waals surface area contributed by atoms with Gasteiger partial charge in [-0.05, 0) is 37.5 Å². The van der Waals surface area contributed by atoms with Gasteiger partial charge in [-0.2, -0.15) is 0 Å². The average molecular weight is 478 g/mol. The smallest absolute Gasteiger partial charge is 0.222 e. The number of aromatic nitrogens is 2. The van der Waals surface area contributed by atoms with Crippen LogP contribution in [-0.2, 0) is 6.54 Å². The summed E-state index contributed by atoms with van der Waals surface area (Å²) < 4.78 is 13.8. The lowest BCUT2D eigenvalue weighted by Crippen LogP contribution is -2.49. The first kappa shape index (κ1) is 22.7. The first-order chi connectivity index (χ1) is 15.5. The van der Waals surface area contributed by atoms with Crippen molar-refractivity contribution >= 4 is 40.8 Å². The van der Waals surface area contributed by atoms with E-state index in [9.17, 15) is 4.39 Å². The van der Waals surface area contributed by atoms with Gasteiger partial charge in [-0.25, -0.2) is 24.3 Å². The normalized spacial score (nSPS) is 17.9. The summed E-state index contributed by atoms with van der Waals surface area (Å²) in [5.74, 6) is 1.92. The Hall–Kier alpha value is -2.45. The second kappa shape index (κ2) is 10.4. The number of aliphatic imine (C=N–C) groups is 2. The molecule has 0 radical (unpaired) electrons. The number of amidine groups is 1. The topological polar surface area (TPSA) is 60.2 Å². The van der Waals surface area contributed by atoms with Crippen molar-refractivity contribution < 1.29 is 4.39 Å². The van der Waals surface area contributed by atoms with E-state index in [4.69, 9.17) is 33.2 Å². The van der Waals surface area contributed by atoms with Crippen molar-refractivity contribution in [3.63, 3.8) is 0 Å². The molecule has 2 aliphatic heterocycles. The number of anilines is 1. The van der Waals surface area contributed by atoms with Crippen LogP contribution >= 0.6 is 23.2 Å². The maximum absolute atomic E-state index is 13.8. The zero-order chi connectivity index (χ0) is 22.5. The number of hydrogen-bond donors (Lipinski definition) is 0. The van der Waals surface area contributed by atoms with Gasteiger partial charge in [0.1, 0.15) is 11.7 Å². The molecule has 3 heterocycles. The van der Waals surface area contributed by atoms with Gasteiger partial charge in [-0.15, -0.1) is 0 Å². The lowest BCUT2D eigenvalue weighted by atomic mass is 10.2. The van der Waals surface area contributed by atoms with E-state index < -0.39 is 5.82 Å². The molecule has 1 aromatic heterocycles. The lowest BCUT2D eigenvalue weighted by molar-refractivity contribution is 0.382. The second-order valence-corrected chi connectivity index (χ2v) is 8.63. The Kier molecular flexibility index (Phi) is 7.42. The monoisotopic (exact) mass is 477 g/mol. The molecular formula is C22H26Cl2FN7. The Morgan fingerprint density at radius 2 is 1.72 bits per heavy atom. The Morgan fingerprint density at radius 1 is 1.00 bits per heavy atom. The van der Waals surface area contributed by atoms with Crippen LogP contribution in [0, 0.1) is 5.82 Å². The van der Waals surface area contributed by atoms with Crippen LogP contribution in [0.2, 0.25) is 10.2 Å². The summed E-state index contributed by atoms with van der Waals surface area (Å²) in [5, 5.41) is 0.543. The summed E-state index contributed by atoms with van der Waals surface area (Å²) in [6, 6.07) is 4.79. The summed E-state index contributed by atoms with van der Waals surface area (Å²) in [5.41, 5.74) is 0.769. The Labute approximate surface area is 197 Å². The van der Waals surface area contributed by atoms with E-state index in [2.05, 4.69) is 24.7 Å². The number of guanidine groups is 1. The van der Waals surface area contributed by atoms with Gasteiger partial charge >= 0.3 is 0 Å². The average Bonchev–Trinajstić information content (AvgIpc) is 3.34. The van der Waals surface area contributed by atoms with Crippen molar-refractivity contribution in [2.24, 2.45) is 9.98 Å². The summed E-state index contributed by atoms with van der Waals surface area (Å²) in [6.45, 7) is 7.41. The molecule has 0 atom stereocenters. The van der Waals surface area contributed by atoms with Crippen LogP contribution < -0.4 is 4.90 Å². The maximum Gasteiger partial charge on any atom is 0.222 e. The molecule has 0 spiro atoms. The highest BCUT2D eigenvalue weighted by atomic mass is 35.5. The van der Waals surface area contributed by atoms with Crippen LogP contribution in [-0.4, -0.2) is 70.8 Å². The summed E-state index contributed by atoms with van der Waals surface area (Å²) in [6.07, 6.45) is 5.50. The minimum Gasteiger partial charge on any atom is -0.357 e. The van der Waals surface area contributed by atoms with E-state index in [0.717, 1.165) is 69.3 Å². The third-order valence-corrected chi connectivity index (χ3v) is 6.28. The number of benzene rings is 1. The van der Waals surface area contributed by atoms with Crippen molar-refractivity contribution in [1.82, 2.24) is 19.8 Å². The number of nitrogens with zero attached hydrogens (tertiary/aromatic N) is 7. The van der Waals surface area contributed by atoms with Crippen LogP contribution in [0.15, 0.2) is 40.6 Å². The fraction of sp³-hybridized carbons (Fsp3) is 0.455. The van der Waals surface area contributed by atoms with Gasteiger partial charge in [0, 0.05) is 51.7 Å². The molecule has 32 heavy (non-hydrogen) atoms. The zero-order valence-corrected chi connectivity index (χ0v) is 19.5. The third-order valence-electron chi connectivity index (χ3n) is 5.71. The SMILES string of the molecule is C/C(=N\C(=NCc1ccc(Cl)c(F)c1)N1CCCC1)N1CCN(c2nccnc2Cl)CC1. The molecule has 0 aliphatic carbocycles. The van der Waals surface area contributed by atoms with E-state index in [1.165, 1.54) is 6.07 Å². The molecule has 0 bridgehead atoms. The quantitative estimate of drug-likeness (QED) is 0.491. The van der Waals surface area contributed by atoms with Gasteiger partial charge < -0.3 is 14.7 Å². The molecule has 2 saturated heterocycles. The fourth-order valence-electron chi connectivity index (χ4n) is 3.91. The highest BCUT2D eigenvalue weighted by Gasteiger charge is 2.22. The predicted octanol–water partition coefficient (Wildman–Crippen LogP) is 4.11. The summed E-state index contributed by atoms with van der Waals surface area (Å²) in [4.78, 5) is 24.7. The molecule has 170 valence electrons. The molecule has 0 saturated carbocycles. The molecular weight excluding hydrogens is 452 g/mol. The standard InChI is InChI=1S/C22H26Cl2FN7/c1-16(30-10-12-31(13-11-30)21-20(24)26-6-7-27-21)29-22(32-8-2-3-9-32)28-15-17-4-5-18(23)19(25)14-17/h4-7,14H,2-3,8-13,15H2,1H3/b28-22?,29-16+. The number of halogens is 3. The highest BCUT2D eigenvalue weighted by Crippen LogP contribution is 2.21. The molecule has 7 nitrogen and oxygen atoms in total. The van der Waals surface area contributed by atoms with Gasteiger partial charge in [0.25, 0.3) is 0 Å². The lowest BCUT2D eigenvalue weighted by Gasteiger charge is -2.36. The van der Waals surface area contributed by atoms with E-state index in [1.54, 1.807) is 24.5 Å². The fourth-order valence-corrected chi connectivity index (χ4v) is 4.25.